The average molecular weight is 442 g/mol. The van der Waals surface area contributed by atoms with Gasteiger partial charge in [0, 0.05) is 19.0 Å². The van der Waals surface area contributed by atoms with Gasteiger partial charge in [0.15, 0.2) is 0 Å². The Bertz CT molecular complexity index is 1090. The molecule has 0 bridgehead atoms. The third-order valence-corrected chi connectivity index (χ3v) is 6.34. The Labute approximate surface area is 195 Å². The van der Waals surface area contributed by atoms with Crippen LogP contribution in [0.25, 0.3) is 0 Å². The molecule has 0 saturated carbocycles. The van der Waals surface area contributed by atoms with Crippen molar-refractivity contribution < 1.29 is 9.59 Å². The summed E-state index contributed by atoms with van der Waals surface area (Å²) < 4.78 is 0. The number of nitrogens with one attached hydrogen (secondary N) is 2. The van der Waals surface area contributed by atoms with E-state index in [2.05, 4.69) is 46.7 Å². The van der Waals surface area contributed by atoms with Gasteiger partial charge < -0.3 is 10.6 Å². The molecule has 0 radical (unpaired) electrons. The van der Waals surface area contributed by atoms with Gasteiger partial charge in [-0.25, -0.2) is 0 Å². The Morgan fingerprint density at radius 2 is 1.55 bits per heavy atom. The van der Waals surface area contributed by atoms with E-state index in [1.807, 2.05) is 42.5 Å². The van der Waals surface area contributed by atoms with E-state index in [0.717, 1.165) is 38.0 Å². The van der Waals surface area contributed by atoms with E-state index in [4.69, 9.17) is 0 Å². The van der Waals surface area contributed by atoms with Gasteiger partial charge in [0.2, 0.25) is 5.91 Å². The minimum absolute atomic E-state index is 0.00569. The van der Waals surface area contributed by atoms with E-state index in [9.17, 15) is 9.59 Å². The Morgan fingerprint density at radius 3 is 2.30 bits per heavy atom. The van der Waals surface area contributed by atoms with Gasteiger partial charge in [-0.05, 0) is 61.7 Å². The van der Waals surface area contributed by atoms with Crippen LogP contribution in [0.4, 0.5) is 5.69 Å². The van der Waals surface area contributed by atoms with Gasteiger partial charge in [-0.1, -0.05) is 66.7 Å². The Balaban J connectivity index is 1.32. The second kappa shape index (κ2) is 10.9. The molecule has 0 unspecified atom stereocenters. The zero-order valence-corrected chi connectivity index (χ0v) is 19.1. The number of likely N-dealkylation sites (tertiary alicyclic amines) is 1. The van der Waals surface area contributed by atoms with Crippen molar-refractivity contribution in [2.24, 2.45) is 5.92 Å². The minimum atomic E-state index is -0.192. The first-order valence-electron chi connectivity index (χ1n) is 11.6. The predicted octanol–water partition coefficient (Wildman–Crippen LogP) is 4.78. The summed E-state index contributed by atoms with van der Waals surface area (Å²) in [5.74, 6) is -0.241. The molecule has 0 atom stereocenters. The topological polar surface area (TPSA) is 61.4 Å². The summed E-state index contributed by atoms with van der Waals surface area (Å²) in [6, 6.07) is 25.4. The van der Waals surface area contributed by atoms with Crippen LogP contribution in [-0.4, -0.2) is 29.8 Å². The predicted molar refractivity (Wildman–Crippen MR) is 132 cm³/mol. The third-order valence-electron chi connectivity index (χ3n) is 6.34. The number of hydrogen-bond acceptors (Lipinski definition) is 3. The third kappa shape index (κ3) is 6.08. The summed E-state index contributed by atoms with van der Waals surface area (Å²) in [6.07, 6.45) is 1.64. The second-order valence-electron chi connectivity index (χ2n) is 8.68. The molecule has 1 aliphatic heterocycles. The van der Waals surface area contributed by atoms with E-state index >= 15 is 0 Å². The number of carbonyl (C=O) groups is 2. The highest BCUT2D eigenvalue weighted by Crippen LogP contribution is 2.23. The Kier molecular flexibility index (Phi) is 7.53. The minimum Gasteiger partial charge on any atom is -0.348 e. The van der Waals surface area contributed by atoms with Crippen molar-refractivity contribution in [1.29, 1.82) is 0 Å². The lowest BCUT2D eigenvalue weighted by Gasteiger charge is -2.31. The highest BCUT2D eigenvalue weighted by molar-refractivity contribution is 6.04. The largest absolute Gasteiger partial charge is 0.348 e. The zero-order chi connectivity index (χ0) is 23.0. The summed E-state index contributed by atoms with van der Waals surface area (Å²) in [5.41, 5.74) is 4.73. The lowest BCUT2D eigenvalue weighted by molar-refractivity contribution is -0.121. The van der Waals surface area contributed by atoms with Crippen LogP contribution in [0.3, 0.4) is 0 Å². The zero-order valence-electron chi connectivity index (χ0n) is 19.1. The average Bonchev–Trinajstić information content (AvgIpc) is 2.85. The van der Waals surface area contributed by atoms with Crippen molar-refractivity contribution >= 4 is 17.5 Å². The van der Waals surface area contributed by atoms with Crippen LogP contribution in [-0.2, 0) is 17.9 Å². The van der Waals surface area contributed by atoms with Crippen molar-refractivity contribution in [1.82, 2.24) is 10.2 Å². The monoisotopic (exact) mass is 441 g/mol. The molecule has 2 N–H and O–H groups in total. The molecule has 0 aromatic heterocycles. The van der Waals surface area contributed by atoms with Crippen molar-refractivity contribution in [3.05, 3.63) is 101 Å². The van der Waals surface area contributed by atoms with Gasteiger partial charge in [0.05, 0.1) is 11.3 Å². The van der Waals surface area contributed by atoms with Crippen molar-refractivity contribution in [3.8, 4) is 0 Å². The lowest BCUT2D eigenvalue weighted by atomic mass is 9.95. The maximum Gasteiger partial charge on any atom is 0.253 e. The molecule has 1 saturated heterocycles. The van der Waals surface area contributed by atoms with Crippen LogP contribution < -0.4 is 10.6 Å². The summed E-state index contributed by atoms with van der Waals surface area (Å²) in [5, 5.41) is 5.96. The number of para-hydroxylation sites is 1. The van der Waals surface area contributed by atoms with Gasteiger partial charge in [0.25, 0.3) is 5.91 Å². The van der Waals surface area contributed by atoms with Crippen molar-refractivity contribution in [2.75, 3.05) is 18.4 Å². The fourth-order valence-corrected chi connectivity index (χ4v) is 4.28. The van der Waals surface area contributed by atoms with Crippen LogP contribution in [0, 0.1) is 12.8 Å². The SMILES string of the molecule is Cc1ccccc1CN1CCC(C(=O)Nc2ccccc2C(=O)NCc2ccccc2)CC1. The second-order valence-corrected chi connectivity index (χ2v) is 8.68. The molecule has 3 aromatic rings. The van der Waals surface area contributed by atoms with E-state index in [0.29, 0.717) is 17.8 Å². The molecule has 1 aliphatic rings. The number of anilines is 1. The van der Waals surface area contributed by atoms with Crippen molar-refractivity contribution in [2.45, 2.75) is 32.9 Å². The van der Waals surface area contributed by atoms with Crippen LogP contribution in [0.1, 0.15) is 39.9 Å². The highest BCUT2D eigenvalue weighted by Gasteiger charge is 2.26. The molecular formula is C28H31N3O2. The first kappa shape index (κ1) is 22.7. The van der Waals surface area contributed by atoms with Gasteiger partial charge in [-0.3, -0.25) is 14.5 Å². The number of hydrogen-bond donors (Lipinski definition) is 2. The number of aryl methyl sites for hydroxylation is 1. The number of benzene rings is 3. The van der Waals surface area contributed by atoms with Crippen LogP contribution in [0.15, 0.2) is 78.9 Å². The maximum atomic E-state index is 13.0. The smallest absolute Gasteiger partial charge is 0.253 e. The van der Waals surface area contributed by atoms with E-state index in [1.54, 1.807) is 12.1 Å². The number of piperidine rings is 1. The maximum absolute atomic E-state index is 13.0. The molecule has 0 aliphatic carbocycles. The molecular weight excluding hydrogens is 410 g/mol. The summed E-state index contributed by atoms with van der Waals surface area (Å²) in [7, 11) is 0. The van der Waals surface area contributed by atoms with Crippen molar-refractivity contribution in [3.63, 3.8) is 0 Å². The summed E-state index contributed by atoms with van der Waals surface area (Å²) in [6.45, 7) is 5.30. The molecule has 2 amide bonds. The fraction of sp³-hybridized carbons (Fsp3) is 0.286. The number of rotatable bonds is 7. The van der Waals surface area contributed by atoms with E-state index in [-0.39, 0.29) is 17.7 Å². The molecule has 5 nitrogen and oxygen atoms in total. The van der Waals surface area contributed by atoms with Gasteiger partial charge in [0.1, 0.15) is 0 Å². The van der Waals surface area contributed by atoms with Crippen LogP contribution in [0.2, 0.25) is 0 Å². The van der Waals surface area contributed by atoms with Gasteiger partial charge >= 0.3 is 0 Å². The molecule has 1 heterocycles. The van der Waals surface area contributed by atoms with Gasteiger partial charge in [-0.15, -0.1) is 0 Å². The molecule has 3 aromatic carbocycles. The van der Waals surface area contributed by atoms with Gasteiger partial charge in [-0.2, -0.15) is 0 Å². The summed E-state index contributed by atoms with van der Waals surface area (Å²) in [4.78, 5) is 28.2. The number of nitrogens with zero attached hydrogens (tertiary/aromatic N) is 1. The highest BCUT2D eigenvalue weighted by atomic mass is 16.2. The quantitative estimate of drug-likeness (QED) is 0.555. The van der Waals surface area contributed by atoms with E-state index in [1.165, 1.54) is 11.1 Å². The molecule has 5 heteroatoms. The van der Waals surface area contributed by atoms with Crippen LogP contribution >= 0.6 is 0 Å². The normalized spacial score (nSPS) is 14.6. The molecule has 0 spiro atoms. The van der Waals surface area contributed by atoms with Crippen LogP contribution in [0.5, 0.6) is 0 Å². The molecule has 4 rings (SSSR count). The molecule has 170 valence electrons. The van der Waals surface area contributed by atoms with E-state index < -0.39 is 0 Å². The number of carbonyl (C=O) groups excluding carboxylic acids is 2. The number of amides is 2. The summed E-state index contributed by atoms with van der Waals surface area (Å²) >= 11 is 0. The lowest BCUT2D eigenvalue weighted by Crippen LogP contribution is -2.38. The Morgan fingerprint density at radius 1 is 0.879 bits per heavy atom. The standard InChI is InChI=1S/C28H31N3O2/c1-21-9-5-6-12-24(21)20-31-17-15-23(16-18-31)27(32)30-26-14-8-7-13-25(26)28(33)29-19-22-10-3-2-4-11-22/h2-14,23H,15-20H2,1H3,(H,29,33)(H,30,32). The first-order chi connectivity index (χ1) is 16.1. The first-order valence-corrected chi connectivity index (χ1v) is 11.6. The molecule has 1 fully saturated rings. The molecule has 33 heavy (non-hydrogen) atoms. The fourth-order valence-electron chi connectivity index (χ4n) is 4.28. The Hall–Kier alpha value is -3.44.